The number of hydrogen-bond donors (Lipinski definition) is 1. The minimum absolute atomic E-state index is 0. The third-order valence-electron chi connectivity index (χ3n) is 7.93. The fourth-order valence-corrected chi connectivity index (χ4v) is 5.95. The van der Waals surface area contributed by atoms with Gasteiger partial charge in [-0.2, -0.15) is 0 Å². The molecular formula is C36H60BBrN9O8S. The van der Waals surface area contributed by atoms with Gasteiger partial charge in [0.1, 0.15) is 21.6 Å². The average molecular weight is 870 g/mol. The summed E-state index contributed by atoms with van der Waals surface area (Å²) in [5.74, 6) is 0.265. The standard InChI is InChI=1S/C17H25BrN4O4.C17H26N4O4.2CH4.BHNS/c1-6-11-10-21(7-8-22(11)16(24)26-17(2,3)4)14-13(18)20-12(9-19-14)15(23)25-5;1-6-12-11-20(7-8-21(12)16(23)25-17(2,3)4)14-10-18-13(9-19-14)15(22)24-5;;;1-2-3/h9,11H,6-8,10H2,1-5H3;9-10,12H,6-8,11H2,1-5H3;2*1H4;3H/t11-;12-;;;/m00.../s1. The second kappa shape index (κ2) is 23.9. The van der Waals surface area contributed by atoms with Crippen LogP contribution in [0.2, 0.25) is 0 Å². The van der Waals surface area contributed by atoms with Crippen LogP contribution in [0, 0.1) is 0 Å². The number of aromatic nitrogens is 4. The Morgan fingerprint density at radius 2 is 1.20 bits per heavy atom. The summed E-state index contributed by atoms with van der Waals surface area (Å²) in [7, 11) is 6.94. The van der Waals surface area contributed by atoms with E-state index >= 15 is 0 Å². The van der Waals surface area contributed by atoms with E-state index in [1.165, 1.54) is 26.6 Å². The average Bonchev–Trinajstić information content (AvgIpc) is 3.12. The minimum atomic E-state index is -0.536. The molecule has 17 nitrogen and oxygen atoms in total. The number of amides is 2. The van der Waals surface area contributed by atoms with E-state index in [1.807, 2.05) is 60.3 Å². The summed E-state index contributed by atoms with van der Waals surface area (Å²) in [6, 6.07) is 0.0401. The number of thiol groups is 1. The molecule has 2 saturated heterocycles. The van der Waals surface area contributed by atoms with E-state index in [0.29, 0.717) is 55.5 Å². The number of anilines is 2. The third-order valence-corrected chi connectivity index (χ3v) is 8.46. The van der Waals surface area contributed by atoms with E-state index in [2.05, 4.69) is 75.0 Å². The van der Waals surface area contributed by atoms with Gasteiger partial charge in [0, 0.05) is 39.3 Å². The van der Waals surface area contributed by atoms with Gasteiger partial charge in [-0.1, -0.05) is 28.7 Å². The zero-order valence-corrected chi connectivity index (χ0v) is 35.2. The fourth-order valence-electron chi connectivity index (χ4n) is 5.40. The number of halogens is 1. The molecule has 2 amide bonds. The van der Waals surface area contributed by atoms with Gasteiger partial charge in [0.25, 0.3) is 0 Å². The summed E-state index contributed by atoms with van der Waals surface area (Å²) >= 11 is 6.57. The first kappa shape index (κ1) is 51.9. The van der Waals surface area contributed by atoms with Crippen molar-refractivity contribution in [3.05, 3.63) is 34.6 Å². The molecule has 0 N–H and O–H groups in total. The molecule has 0 spiro atoms. The van der Waals surface area contributed by atoms with Gasteiger partial charge in [-0.15, -0.1) is 0 Å². The van der Waals surface area contributed by atoms with Crippen LogP contribution in [0.25, 0.3) is 0 Å². The number of ether oxygens (including phenoxy) is 4. The van der Waals surface area contributed by atoms with E-state index in [9.17, 15) is 19.2 Å². The monoisotopic (exact) mass is 868 g/mol. The van der Waals surface area contributed by atoms with Gasteiger partial charge in [0.15, 0.2) is 17.2 Å². The Morgan fingerprint density at radius 1 is 0.768 bits per heavy atom. The van der Waals surface area contributed by atoms with Gasteiger partial charge >= 0.3 is 48.9 Å². The molecule has 2 aliphatic rings. The van der Waals surface area contributed by atoms with Gasteiger partial charge in [0.05, 0.1) is 44.9 Å². The Bertz CT molecular complexity index is 1580. The van der Waals surface area contributed by atoms with Crippen LogP contribution in [0.4, 0.5) is 21.2 Å². The number of esters is 2. The first-order valence-electron chi connectivity index (χ1n) is 17.4. The molecule has 4 rings (SSSR count). The zero-order valence-electron chi connectivity index (χ0n) is 32.7. The Balaban J connectivity index is 0.000000977. The maximum absolute atomic E-state index is 12.4. The summed E-state index contributed by atoms with van der Waals surface area (Å²) in [6.07, 6.45) is 5.38. The molecule has 313 valence electrons. The van der Waals surface area contributed by atoms with Crippen molar-refractivity contribution < 1.29 is 38.1 Å². The summed E-state index contributed by atoms with van der Waals surface area (Å²) in [4.78, 5) is 72.4. The van der Waals surface area contributed by atoms with Crippen molar-refractivity contribution in [2.45, 2.75) is 106 Å². The molecule has 0 saturated carbocycles. The van der Waals surface area contributed by atoms with Crippen LogP contribution >= 0.6 is 28.7 Å². The van der Waals surface area contributed by atoms with Crippen molar-refractivity contribution >= 4 is 72.1 Å². The van der Waals surface area contributed by atoms with Crippen LogP contribution in [0.1, 0.15) is 104 Å². The molecule has 1 radical (unpaired) electrons. The number of nitrogens with zero attached hydrogens (tertiary/aromatic N) is 9. The van der Waals surface area contributed by atoms with E-state index < -0.39 is 23.1 Å². The number of piperazine rings is 2. The number of methoxy groups -OCH3 is 2. The topological polar surface area (TPSA) is 182 Å². The predicted octanol–water partition coefficient (Wildman–Crippen LogP) is 6.42. The van der Waals surface area contributed by atoms with Gasteiger partial charge in [-0.3, -0.25) is 0 Å². The van der Waals surface area contributed by atoms with Crippen molar-refractivity contribution in [3.63, 3.8) is 0 Å². The molecule has 2 fully saturated rings. The van der Waals surface area contributed by atoms with E-state index in [4.69, 9.17) is 9.47 Å². The Morgan fingerprint density at radius 3 is 1.59 bits per heavy atom. The second-order valence-corrected chi connectivity index (χ2v) is 15.1. The Labute approximate surface area is 347 Å². The molecule has 2 atom stereocenters. The summed E-state index contributed by atoms with van der Waals surface area (Å²) in [5.41, 5.74) is -0.722. The van der Waals surface area contributed by atoms with Gasteiger partial charge in [0.2, 0.25) is 0 Å². The molecule has 0 bridgehead atoms. The Kier molecular flexibility index (Phi) is 22.1. The second-order valence-electron chi connectivity index (χ2n) is 14.1. The summed E-state index contributed by atoms with van der Waals surface area (Å²) in [5, 5.41) is 0. The summed E-state index contributed by atoms with van der Waals surface area (Å²) in [6.45, 7) is 18.8. The molecule has 0 aliphatic carbocycles. The molecule has 20 heteroatoms. The molecular weight excluding hydrogens is 809 g/mol. The SMILES string of the molecule is C.C.CC[C@H]1CN(c2cnc(C(=O)OC)cn2)CCN1C(=O)OC(C)(C)C.CC[C@H]1CN(c2ncc(C(=O)OC)nc2Br)CCN1C(=O)OC(C)(C)C.[B]=NS. The van der Waals surface area contributed by atoms with Crippen LogP contribution in [0.5, 0.6) is 0 Å². The molecule has 0 unspecified atom stereocenters. The van der Waals surface area contributed by atoms with Crippen molar-refractivity contribution in [3.8, 4) is 0 Å². The van der Waals surface area contributed by atoms with E-state index in [1.54, 1.807) is 16.0 Å². The number of rotatable bonds is 6. The number of hydrogen-bond acceptors (Lipinski definition) is 16. The molecule has 0 aromatic carbocycles. The maximum atomic E-state index is 12.4. The van der Waals surface area contributed by atoms with E-state index in [-0.39, 0.29) is 50.5 Å². The van der Waals surface area contributed by atoms with Gasteiger partial charge in [-0.25, -0.2) is 39.1 Å². The molecule has 2 aromatic rings. The van der Waals surface area contributed by atoms with Crippen molar-refractivity contribution in [2.75, 3.05) is 63.3 Å². The first-order valence-corrected chi connectivity index (χ1v) is 18.6. The van der Waals surface area contributed by atoms with Crippen LogP contribution in [-0.2, 0) is 18.9 Å². The molecule has 56 heavy (non-hydrogen) atoms. The predicted molar refractivity (Wildman–Crippen MR) is 224 cm³/mol. The quantitative estimate of drug-likeness (QED) is 0.145. The fraction of sp³-hybridized carbons (Fsp3) is 0.667. The molecule has 2 aliphatic heterocycles. The number of carbonyl (C=O) groups excluding carboxylic acids is 4. The van der Waals surface area contributed by atoms with Crippen LogP contribution in [0.15, 0.2) is 27.5 Å². The van der Waals surface area contributed by atoms with Crippen molar-refractivity contribution in [1.29, 1.82) is 0 Å². The first-order chi connectivity index (χ1) is 25.3. The Hall–Kier alpha value is -4.07. The summed E-state index contributed by atoms with van der Waals surface area (Å²) < 4.78 is 23.5. The van der Waals surface area contributed by atoms with Crippen LogP contribution < -0.4 is 9.80 Å². The van der Waals surface area contributed by atoms with Crippen LogP contribution in [0.3, 0.4) is 0 Å². The number of carbonyl (C=O) groups is 4. The third kappa shape index (κ3) is 15.8. The molecule has 4 heterocycles. The van der Waals surface area contributed by atoms with Gasteiger partial charge < -0.3 is 38.5 Å². The van der Waals surface area contributed by atoms with E-state index in [0.717, 1.165) is 12.8 Å². The zero-order chi connectivity index (χ0) is 40.8. The van der Waals surface area contributed by atoms with Crippen molar-refractivity contribution in [2.24, 2.45) is 4.30 Å². The normalized spacial score (nSPS) is 16.6. The molecule has 2 aromatic heterocycles. The van der Waals surface area contributed by atoms with Gasteiger partial charge in [-0.05, 0) is 70.3 Å². The van der Waals surface area contributed by atoms with Crippen molar-refractivity contribution in [1.82, 2.24) is 29.7 Å². The van der Waals surface area contributed by atoms with Crippen LogP contribution in [-0.4, -0.2) is 138 Å².